The highest BCUT2D eigenvalue weighted by Crippen LogP contribution is 2.59. The molecule has 0 radical (unpaired) electrons. The zero-order valence-electron chi connectivity index (χ0n) is 11.2. The first-order valence-electron chi connectivity index (χ1n) is 6.80. The number of esters is 1. The van der Waals surface area contributed by atoms with Crippen molar-refractivity contribution in [2.24, 2.45) is 11.3 Å². The van der Waals surface area contributed by atoms with Crippen LogP contribution in [0.3, 0.4) is 0 Å². The van der Waals surface area contributed by atoms with Gasteiger partial charge in [0.2, 0.25) is 0 Å². The second-order valence-corrected chi connectivity index (χ2v) is 6.43. The Morgan fingerprint density at radius 1 is 1.42 bits per heavy atom. The Labute approximate surface area is 112 Å². The number of aliphatic hydroxyl groups is 2. The Kier molecular flexibility index (Phi) is 2.51. The molecule has 4 heteroatoms. The lowest BCUT2D eigenvalue weighted by molar-refractivity contribution is -0.206. The normalized spacial score (nSPS) is 49.6. The molecule has 2 saturated carbocycles. The number of rotatable bonds is 0. The van der Waals surface area contributed by atoms with Crippen LogP contribution in [-0.4, -0.2) is 34.0 Å². The van der Waals surface area contributed by atoms with Gasteiger partial charge >= 0.3 is 5.97 Å². The smallest absolute Gasteiger partial charge is 0.334 e. The van der Waals surface area contributed by atoms with Crippen molar-refractivity contribution in [3.63, 3.8) is 0 Å². The Morgan fingerprint density at radius 2 is 2.11 bits per heavy atom. The van der Waals surface area contributed by atoms with E-state index >= 15 is 0 Å². The Morgan fingerprint density at radius 3 is 2.79 bits per heavy atom. The number of hydrogen-bond acceptors (Lipinski definition) is 4. The van der Waals surface area contributed by atoms with Crippen LogP contribution in [0.2, 0.25) is 0 Å². The van der Waals surface area contributed by atoms with Crippen LogP contribution in [0, 0.1) is 11.3 Å². The number of fused-ring (bicyclic) bond motifs is 3. The average molecular weight is 264 g/mol. The molecule has 0 bridgehead atoms. The first kappa shape index (κ1) is 12.9. The van der Waals surface area contributed by atoms with E-state index < -0.39 is 35.1 Å². The lowest BCUT2D eigenvalue weighted by Gasteiger charge is -2.57. The van der Waals surface area contributed by atoms with Crippen LogP contribution in [0.5, 0.6) is 0 Å². The zero-order chi connectivity index (χ0) is 14.0. The van der Waals surface area contributed by atoms with E-state index in [1.165, 1.54) is 0 Å². The fourth-order valence-electron chi connectivity index (χ4n) is 4.25. The van der Waals surface area contributed by atoms with E-state index in [9.17, 15) is 15.0 Å². The summed E-state index contributed by atoms with van der Waals surface area (Å²) in [5.74, 6) is -1.02. The molecule has 2 aliphatic carbocycles. The third kappa shape index (κ3) is 1.39. The quantitative estimate of drug-likeness (QED) is 0.393. The largest absolute Gasteiger partial charge is 0.455 e. The van der Waals surface area contributed by atoms with Crippen LogP contribution in [0.25, 0.3) is 0 Å². The van der Waals surface area contributed by atoms with Gasteiger partial charge in [0.05, 0.1) is 12.0 Å². The molecule has 19 heavy (non-hydrogen) atoms. The molecular formula is C15H20O4. The number of ether oxygens (including phenoxy) is 1. The molecule has 3 rings (SSSR count). The summed E-state index contributed by atoms with van der Waals surface area (Å²) < 4.78 is 5.35. The molecule has 1 heterocycles. The van der Waals surface area contributed by atoms with Crippen molar-refractivity contribution in [1.82, 2.24) is 0 Å². The minimum Gasteiger partial charge on any atom is -0.455 e. The summed E-state index contributed by atoms with van der Waals surface area (Å²) in [7, 11) is 0. The molecule has 0 aromatic rings. The fraction of sp³-hybridized carbons (Fsp3) is 0.667. The minimum absolute atomic E-state index is 0.270. The van der Waals surface area contributed by atoms with Gasteiger partial charge in [-0.05, 0) is 31.3 Å². The monoisotopic (exact) mass is 264 g/mol. The van der Waals surface area contributed by atoms with Crippen molar-refractivity contribution in [2.45, 2.75) is 50.4 Å². The third-order valence-electron chi connectivity index (χ3n) is 5.38. The van der Waals surface area contributed by atoms with E-state index in [0.717, 1.165) is 19.3 Å². The summed E-state index contributed by atoms with van der Waals surface area (Å²) in [4.78, 5) is 11.7. The molecule has 2 N–H and O–H groups in total. The van der Waals surface area contributed by atoms with Crippen LogP contribution in [0.4, 0.5) is 0 Å². The van der Waals surface area contributed by atoms with Crippen molar-refractivity contribution in [3.05, 3.63) is 24.3 Å². The van der Waals surface area contributed by atoms with Gasteiger partial charge in [-0.2, -0.15) is 0 Å². The Balaban J connectivity index is 2.12. The molecule has 0 amide bonds. The maximum atomic E-state index is 11.7. The molecule has 0 spiro atoms. The van der Waals surface area contributed by atoms with Gasteiger partial charge < -0.3 is 14.9 Å². The topological polar surface area (TPSA) is 66.8 Å². The number of carbonyl (C=O) groups excluding carboxylic acids is 1. The van der Waals surface area contributed by atoms with E-state index in [4.69, 9.17) is 4.74 Å². The standard InChI is InChI=1S/C15H20O4/c1-8-5-4-6-14(3)7-10(16)11-9(2)13(17)19-12(11)15(8,14)18/h10-12,16,18H,1-2,4-7H2,3H3. The number of aliphatic hydroxyl groups excluding tert-OH is 1. The first-order valence-corrected chi connectivity index (χ1v) is 6.80. The van der Waals surface area contributed by atoms with Gasteiger partial charge in [0.25, 0.3) is 0 Å². The van der Waals surface area contributed by atoms with Crippen LogP contribution in [-0.2, 0) is 9.53 Å². The molecular weight excluding hydrogens is 244 g/mol. The molecule has 0 aromatic heterocycles. The molecule has 5 atom stereocenters. The second kappa shape index (κ2) is 3.70. The molecule has 1 saturated heterocycles. The van der Waals surface area contributed by atoms with E-state index in [-0.39, 0.29) is 5.57 Å². The molecule has 4 nitrogen and oxygen atoms in total. The number of hydrogen-bond donors (Lipinski definition) is 2. The molecule has 104 valence electrons. The fourth-order valence-corrected chi connectivity index (χ4v) is 4.25. The van der Waals surface area contributed by atoms with Crippen molar-refractivity contribution >= 4 is 5.97 Å². The molecule has 3 fully saturated rings. The van der Waals surface area contributed by atoms with E-state index in [1.807, 2.05) is 6.92 Å². The Bertz CT molecular complexity index is 483. The van der Waals surface area contributed by atoms with Gasteiger partial charge in [0.1, 0.15) is 11.7 Å². The van der Waals surface area contributed by atoms with E-state index in [2.05, 4.69) is 13.2 Å². The summed E-state index contributed by atoms with van der Waals surface area (Å²) in [5.41, 5.74) is -0.755. The molecule has 0 aromatic carbocycles. The van der Waals surface area contributed by atoms with Crippen molar-refractivity contribution in [2.75, 3.05) is 0 Å². The average Bonchev–Trinajstić information content (AvgIpc) is 2.62. The second-order valence-electron chi connectivity index (χ2n) is 6.43. The predicted octanol–water partition coefficient (Wildman–Crippen LogP) is 1.33. The lowest BCUT2D eigenvalue weighted by Crippen LogP contribution is -2.65. The minimum atomic E-state index is -1.25. The third-order valence-corrected chi connectivity index (χ3v) is 5.38. The van der Waals surface area contributed by atoms with Gasteiger partial charge in [-0.1, -0.05) is 20.1 Å². The van der Waals surface area contributed by atoms with Gasteiger partial charge in [-0.25, -0.2) is 4.79 Å². The molecule has 3 aliphatic rings. The van der Waals surface area contributed by atoms with Crippen molar-refractivity contribution in [3.8, 4) is 0 Å². The zero-order valence-corrected chi connectivity index (χ0v) is 11.2. The van der Waals surface area contributed by atoms with Crippen LogP contribution >= 0.6 is 0 Å². The highest BCUT2D eigenvalue weighted by atomic mass is 16.6. The summed E-state index contributed by atoms with van der Waals surface area (Å²) in [6, 6.07) is 0. The highest BCUT2D eigenvalue weighted by Gasteiger charge is 2.66. The van der Waals surface area contributed by atoms with Gasteiger partial charge in [-0.3, -0.25) is 0 Å². The van der Waals surface area contributed by atoms with E-state index in [1.54, 1.807) is 0 Å². The summed E-state index contributed by atoms with van der Waals surface area (Å²) in [6.45, 7) is 9.66. The van der Waals surface area contributed by atoms with Gasteiger partial charge in [-0.15, -0.1) is 0 Å². The summed E-state index contributed by atoms with van der Waals surface area (Å²) in [5, 5.41) is 21.6. The summed E-state index contributed by atoms with van der Waals surface area (Å²) >= 11 is 0. The highest BCUT2D eigenvalue weighted by molar-refractivity contribution is 5.91. The Hall–Kier alpha value is -1.13. The lowest BCUT2D eigenvalue weighted by atomic mass is 9.51. The van der Waals surface area contributed by atoms with Crippen LogP contribution < -0.4 is 0 Å². The number of carbonyl (C=O) groups is 1. The van der Waals surface area contributed by atoms with Gasteiger partial charge in [0.15, 0.2) is 0 Å². The van der Waals surface area contributed by atoms with Gasteiger partial charge in [0, 0.05) is 11.0 Å². The SMILES string of the molecule is C=C1C(=O)OC2C1C(O)CC1(C)CCCC(=C)C21O. The van der Waals surface area contributed by atoms with Crippen LogP contribution in [0.15, 0.2) is 24.3 Å². The molecule has 5 unspecified atom stereocenters. The van der Waals surface area contributed by atoms with E-state index in [0.29, 0.717) is 12.0 Å². The predicted molar refractivity (Wildman–Crippen MR) is 69.2 cm³/mol. The van der Waals surface area contributed by atoms with Crippen LogP contribution in [0.1, 0.15) is 32.6 Å². The first-order chi connectivity index (χ1) is 8.81. The van der Waals surface area contributed by atoms with Crippen molar-refractivity contribution < 1.29 is 19.7 Å². The maximum Gasteiger partial charge on any atom is 0.334 e. The maximum absolute atomic E-state index is 11.7. The molecule has 1 aliphatic heterocycles. The van der Waals surface area contributed by atoms with Crippen molar-refractivity contribution in [1.29, 1.82) is 0 Å². The summed E-state index contributed by atoms with van der Waals surface area (Å²) in [6.07, 6.45) is 1.48.